The SMILES string of the molecule is C.CC(=O)OCCCCOC(=O)c1cc(Br)c(N)c(CN2CCCC2)c1.O=C(c1ccccc1)c1ccccc1. The third kappa shape index (κ3) is 10.6. The average molecular weight is 612 g/mol. The normalized spacial score (nSPS) is 12.4. The number of carbonyl (C=O) groups is 3. The van der Waals surface area contributed by atoms with Crippen molar-refractivity contribution >= 4 is 39.3 Å². The van der Waals surface area contributed by atoms with E-state index in [4.69, 9.17) is 15.2 Å². The molecule has 1 heterocycles. The Balaban J connectivity index is 0.000000316. The number of benzene rings is 3. The number of rotatable bonds is 10. The number of hydrogen-bond acceptors (Lipinski definition) is 7. The fourth-order valence-electron chi connectivity index (χ4n) is 4.12. The van der Waals surface area contributed by atoms with Gasteiger partial charge in [0, 0.05) is 29.1 Å². The Labute approximate surface area is 245 Å². The molecule has 40 heavy (non-hydrogen) atoms. The molecule has 214 valence electrons. The molecule has 0 saturated carbocycles. The van der Waals surface area contributed by atoms with Gasteiger partial charge in [0.05, 0.1) is 24.5 Å². The summed E-state index contributed by atoms with van der Waals surface area (Å²) in [5.41, 5.74) is 9.72. The monoisotopic (exact) mass is 610 g/mol. The Bertz CT molecular complexity index is 1190. The van der Waals surface area contributed by atoms with Gasteiger partial charge in [0.2, 0.25) is 0 Å². The molecular weight excluding hydrogens is 572 g/mol. The number of nitrogen functional groups attached to an aromatic ring is 1. The molecule has 0 radical (unpaired) electrons. The molecule has 8 heteroatoms. The maximum atomic E-state index is 12.3. The van der Waals surface area contributed by atoms with Crippen molar-refractivity contribution in [2.45, 2.75) is 46.6 Å². The largest absolute Gasteiger partial charge is 0.466 e. The van der Waals surface area contributed by atoms with Crippen molar-refractivity contribution in [3.8, 4) is 0 Å². The molecule has 2 N–H and O–H groups in total. The summed E-state index contributed by atoms with van der Waals surface area (Å²) in [6.07, 6.45) is 3.72. The maximum Gasteiger partial charge on any atom is 0.338 e. The van der Waals surface area contributed by atoms with Crippen LogP contribution in [-0.2, 0) is 20.8 Å². The smallest absolute Gasteiger partial charge is 0.338 e. The fraction of sp³-hybridized carbons (Fsp3) is 0.344. The number of halogens is 1. The minimum absolute atomic E-state index is 0. The first-order valence-corrected chi connectivity index (χ1v) is 13.9. The first-order chi connectivity index (χ1) is 18.8. The Hall–Kier alpha value is -3.49. The topological polar surface area (TPSA) is 98.9 Å². The zero-order valence-electron chi connectivity index (χ0n) is 22.2. The number of ether oxygens (including phenoxy) is 2. The molecule has 0 spiro atoms. The van der Waals surface area contributed by atoms with Crippen LogP contribution < -0.4 is 5.73 Å². The summed E-state index contributed by atoms with van der Waals surface area (Å²) < 4.78 is 10.9. The van der Waals surface area contributed by atoms with E-state index in [-0.39, 0.29) is 25.1 Å². The number of hydrogen-bond donors (Lipinski definition) is 1. The van der Waals surface area contributed by atoms with Crippen molar-refractivity contribution in [3.05, 3.63) is 99.5 Å². The molecule has 3 aromatic rings. The third-order valence-corrected chi connectivity index (χ3v) is 6.85. The molecule has 7 nitrogen and oxygen atoms in total. The summed E-state index contributed by atoms with van der Waals surface area (Å²) >= 11 is 3.43. The number of esters is 2. The summed E-state index contributed by atoms with van der Waals surface area (Å²) in [6.45, 7) is 4.89. The van der Waals surface area contributed by atoms with E-state index in [9.17, 15) is 14.4 Å². The summed E-state index contributed by atoms with van der Waals surface area (Å²) in [6, 6.07) is 22.1. The maximum absolute atomic E-state index is 12.3. The van der Waals surface area contributed by atoms with Gasteiger partial charge in [-0.05, 0) is 72.4 Å². The van der Waals surface area contributed by atoms with Crippen molar-refractivity contribution in [2.24, 2.45) is 0 Å². The van der Waals surface area contributed by atoms with Crippen LogP contribution in [-0.4, -0.2) is 48.9 Å². The van der Waals surface area contributed by atoms with Crippen LogP contribution in [0.1, 0.15) is 71.9 Å². The van der Waals surface area contributed by atoms with Crippen LogP contribution in [0.4, 0.5) is 5.69 Å². The second kappa shape index (κ2) is 17.3. The van der Waals surface area contributed by atoms with Crippen LogP contribution >= 0.6 is 15.9 Å². The van der Waals surface area contributed by atoms with Gasteiger partial charge in [-0.15, -0.1) is 0 Å². The van der Waals surface area contributed by atoms with E-state index < -0.39 is 0 Å². The number of unbranched alkanes of at least 4 members (excludes halogenated alkanes) is 1. The van der Waals surface area contributed by atoms with E-state index in [1.165, 1.54) is 19.8 Å². The van der Waals surface area contributed by atoms with E-state index >= 15 is 0 Å². The highest BCUT2D eigenvalue weighted by molar-refractivity contribution is 9.10. The van der Waals surface area contributed by atoms with Gasteiger partial charge in [0.15, 0.2) is 5.78 Å². The highest BCUT2D eigenvalue weighted by Crippen LogP contribution is 2.28. The standard InChI is InChI=1S/C18H25BrN2O4.C13H10O.CH4/c1-13(22)24-8-4-5-9-25-18(23)14-10-15(17(20)16(19)11-14)12-21-6-2-3-7-21;14-13(11-7-3-1-4-8-11)12-9-5-2-6-10-12;/h10-11H,2-9,12,20H2,1H3;1-10H;1H4. The first-order valence-electron chi connectivity index (χ1n) is 13.1. The van der Waals surface area contributed by atoms with Crippen LogP contribution in [0.15, 0.2) is 77.3 Å². The summed E-state index contributed by atoms with van der Waals surface area (Å²) in [5.74, 6) is -0.587. The summed E-state index contributed by atoms with van der Waals surface area (Å²) in [4.78, 5) is 37.1. The van der Waals surface area contributed by atoms with Gasteiger partial charge in [-0.3, -0.25) is 14.5 Å². The predicted octanol–water partition coefficient (Wildman–Crippen LogP) is 6.68. The van der Waals surface area contributed by atoms with Crippen LogP contribution in [0, 0.1) is 0 Å². The van der Waals surface area contributed by atoms with E-state index in [1.807, 2.05) is 66.7 Å². The summed E-state index contributed by atoms with van der Waals surface area (Å²) in [5, 5.41) is 0. The molecule has 0 unspecified atom stereocenters. The zero-order valence-corrected chi connectivity index (χ0v) is 23.8. The van der Waals surface area contributed by atoms with Crippen LogP contribution in [0.2, 0.25) is 0 Å². The van der Waals surface area contributed by atoms with Gasteiger partial charge >= 0.3 is 11.9 Å². The minimum atomic E-state index is -0.365. The van der Waals surface area contributed by atoms with Crippen LogP contribution in [0.25, 0.3) is 0 Å². The number of likely N-dealkylation sites (tertiary alicyclic amines) is 1. The predicted molar refractivity (Wildman–Crippen MR) is 162 cm³/mol. The molecule has 0 atom stereocenters. The summed E-state index contributed by atoms with van der Waals surface area (Å²) in [7, 11) is 0. The molecule has 0 bridgehead atoms. The molecule has 3 aromatic carbocycles. The second-order valence-corrected chi connectivity index (χ2v) is 10.1. The minimum Gasteiger partial charge on any atom is -0.466 e. The molecule has 0 aliphatic carbocycles. The lowest BCUT2D eigenvalue weighted by Crippen LogP contribution is -2.20. The van der Waals surface area contributed by atoms with Gasteiger partial charge < -0.3 is 15.2 Å². The van der Waals surface area contributed by atoms with Gasteiger partial charge in [0.1, 0.15) is 0 Å². The molecule has 0 aromatic heterocycles. The van der Waals surface area contributed by atoms with Crippen molar-refractivity contribution in [2.75, 3.05) is 32.0 Å². The van der Waals surface area contributed by atoms with Crippen LogP contribution in [0.5, 0.6) is 0 Å². The van der Waals surface area contributed by atoms with Gasteiger partial charge in [0.25, 0.3) is 0 Å². The number of carbonyl (C=O) groups excluding carboxylic acids is 3. The second-order valence-electron chi connectivity index (χ2n) is 9.26. The number of ketones is 1. The Kier molecular flexibility index (Phi) is 14.1. The Morgan fingerprint density at radius 1 is 0.825 bits per heavy atom. The van der Waals surface area contributed by atoms with E-state index in [2.05, 4.69) is 20.8 Å². The lowest BCUT2D eigenvalue weighted by molar-refractivity contribution is -0.141. The molecule has 0 amide bonds. The van der Waals surface area contributed by atoms with E-state index in [0.717, 1.165) is 36.3 Å². The number of nitrogens with two attached hydrogens (primary N) is 1. The lowest BCUT2D eigenvalue weighted by atomic mass is 10.0. The molecule has 1 aliphatic rings. The van der Waals surface area contributed by atoms with Gasteiger partial charge in [-0.1, -0.05) is 68.1 Å². The highest BCUT2D eigenvalue weighted by atomic mass is 79.9. The van der Waals surface area contributed by atoms with E-state index in [1.54, 1.807) is 6.07 Å². The van der Waals surface area contributed by atoms with Crippen molar-refractivity contribution in [1.82, 2.24) is 4.90 Å². The average Bonchev–Trinajstić information content (AvgIpc) is 3.47. The molecule has 1 fully saturated rings. The fourth-order valence-corrected chi connectivity index (χ4v) is 4.62. The molecular formula is C32H39BrN2O5. The highest BCUT2D eigenvalue weighted by Gasteiger charge is 2.17. The lowest BCUT2D eigenvalue weighted by Gasteiger charge is -2.17. The molecule has 1 saturated heterocycles. The zero-order chi connectivity index (χ0) is 28.0. The Morgan fingerprint density at radius 2 is 1.35 bits per heavy atom. The molecule has 1 aliphatic heterocycles. The quantitative estimate of drug-likeness (QED) is 0.118. The molecule has 4 rings (SSSR count). The Morgan fingerprint density at radius 3 is 1.88 bits per heavy atom. The van der Waals surface area contributed by atoms with Crippen LogP contribution in [0.3, 0.4) is 0 Å². The third-order valence-electron chi connectivity index (χ3n) is 6.19. The van der Waals surface area contributed by atoms with E-state index in [0.29, 0.717) is 41.8 Å². The van der Waals surface area contributed by atoms with Crippen molar-refractivity contribution in [3.63, 3.8) is 0 Å². The van der Waals surface area contributed by atoms with Gasteiger partial charge in [-0.2, -0.15) is 0 Å². The van der Waals surface area contributed by atoms with Gasteiger partial charge in [-0.25, -0.2) is 4.79 Å². The first kappa shape index (κ1) is 32.7. The van der Waals surface area contributed by atoms with Crippen molar-refractivity contribution in [1.29, 1.82) is 0 Å². The number of nitrogens with zero attached hydrogens (tertiary/aromatic N) is 1. The van der Waals surface area contributed by atoms with Crippen molar-refractivity contribution < 1.29 is 23.9 Å². The number of anilines is 1.